The Morgan fingerprint density at radius 2 is 1.90 bits per heavy atom. The van der Waals surface area contributed by atoms with Gasteiger partial charge in [-0.2, -0.15) is 0 Å². The number of anilines is 2. The highest BCUT2D eigenvalue weighted by molar-refractivity contribution is 6.01. The number of nitrogens with two attached hydrogens (primary N) is 1. The van der Waals surface area contributed by atoms with Crippen LogP contribution in [-0.2, 0) is 4.79 Å². The lowest BCUT2D eigenvalue weighted by Gasteiger charge is -2.30. The second-order valence-corrected chi connectivity index (χ2v) is 7.55. The van der Waals surface area contributed by atoms with Gasteiger partial charge in [-0.3, -0.25) is 4.79 Å². The molecule has 0 spiro atoms. The number of aliphatic hydroxyl groups excluding tert-OH is 2. The zero-order valence-corrected chi connectivity index (χ0v) is 17.0. The molecule has 1 atom stereocenters. The van der Waals surface area contributed by atoms with Crippen molar-refractivity contribution in [2.45, 2.75) is 32.8 Å². The van der Waals surface area contributed by atoms with Gasteiger partial charge in [0, 0.05) is 0 Å². The summed E-state index contributed by atoms with van der Waals surface area (Å²) in [5, 5.41) is 22.3. The van der Waals surface area contributed by atoms with Crippen LogP contribution in [0.15, 0.2) is 60.7 Å². The monoisotopic (exact) mass is 398 g/mol. The van der Waals surface area contributed by atoms with E-state index < -0.39 is 6.10 Å². The van der Waals surface area contributed by atoms with Gasteiger partial charge in [0.25, 0.3) is 0 Å². The number of nitrogens with one attached hydrogen (secondary N) is 1. The highest BCUT2D eigenvalue weighted by atomic mass is 16.5. The molecule has 0 aromatic heterocycles. The molecular formula is C23H30N2O4. The maximum absolute atomic E-state index is 12.0. The molecule has 0 saturated carbocycles. The summed E-state index contributed by atoms with van der Waals surface area (Å²) in [7, 11) is 0. The van der Waals surface area contributed by atoms with Crippen molar-refractivity contribution in [2.24, 2.45) is 5.41 Å². The van der Waals surface area contributed by atoms with Crippen molar-refractivity contribution in [3.05, 3.63) is 66.2 Å². The Morgan fingerprint density at radius 3 is 2.55 bits per heavy atom. The van der Waals surface area contributed by atoms with Gasteiger partial charge in [-0.15, -0.1) is 0 Å². The van der Waals surface area contributed by atoms with Crippen LogP contribution < -0.4 is 15.8 Å². The molecule has 29 heavy (non-hydrogen) atoms. The topological polar surface area (TPSA) is 105 Å². The van der Waals surface area contributed by atoms with E-state index in [1.807, 2.05) is 38.1 Å². The van der Waals surface area contributed by atoms with Crippen molar-refractivity contribution < 1.29 is 19.7 Å². The molecular weight excluding hydrogens is 368 g/mol. The van der Waals surface area contributed by atoms with Gasteiger partial charge < -0.3 is 26.0 Å². The minimum Gasteiger partial charge on any atom is -0.491 e. The van der Waals surface area contributed by atoms with Gasteiger partial charge in [0.1, 0.15) is 12.4 Å². The van der Waals surface area contributed by atoms with Crippen LogP contribution in [0, 0.1) is 5.41 Å². The normalized spacial score (nSPS) is 12.7. The summed E-state index contributed by atoms with van der Waals surface area (Å²) in [6.07, 6.45) is 3.99. The fraction of sp³-hybridized carbons (Fsp3) is 0.348. The second-order valence-electron chi connectivity index (χ2n) is 7.55. The number of amides is 1. The van der Waals surface area contributed by atoms with Crippen LogP contribution in [0.4, 0.5) is 11.4 Å². The number of carbonyl (C=O) groups is 1. The van der Waals surface area contributed by atoms with E-state index in [2.05, 4.69) is 5.32 Å². The van der Waals surface area contributed by atoms with E-state index >= 15 is 0 Å². The summed E-state index contributed by atoms with van der Waals surface area (Å²) in [4.78, 5) is 12.0. The van der Waals surface area contributed by atoms with Crippen LogP contribution in [-0.4, -0.2) is 29.3 Å². The van der Waals surface area contributed by atoms with Gasteiger partial charge in [0.15, 0.2) is 0 Å². The highest BCUT2D eigenvalue weighted by Gasteiger charge is 2.28. The Labute approximate surface area is 172 Å². The number of rotatable bonds is 10. The number of benzene rings is 2. The molecule has 0 radical (unpaired) electrons. The molecule has 0 aliphatic heterocycles. The van der Waals surface area contributed by atoms with Gasteiger partial charge >= 0.3 is 0 Å². The average Bonchev–Trinajstić information content (AvgIpc) is 2.71. The SMILES string of the molecule is CC(C)(CC/C=C/C(=O)Nc1ccccc1N)[C@H](O)c1ccc(OCCO)cc1. The van der Waals surface area contributed by atoms with Crippen LogP contribution in [0.25, 0.3) is 0 Å². The molecule has 2 aromatic rings. The quantitative estimate of drug-likeness (QED) is 0.361. The molecule has 0 aliphatic rings. The summed E-state index contributed by atoms with van der Waals surface area (Å²) >= 11 is 0. The predicted molar refractivity (Wildman–Crippen MR) is 116 cm³/mol. The van der Waals surface area contributed by atoms with Gasteiger partial charge in [-0.1, -0.05) is 44.2 Å². The third-order valence-electron chi connectivity index (χ3n) is 4.74. The predicted octanol–water partition coefficient (Wildman–Crippen LogP) is 3.67. The first kappa shape index (κ1) is 22.5. The molecule has 0 fully saturated rings. The molecule has 0 heterocycles. The first-order chi connectivity index (χ1) is 13.8. The Balaban J connectivity index is 1.85. The highest BCUT2D eigenvalue weighted by Crippen LogP contribution is 2.37. The Morgan fingerprint density at radius 1 is 1.21 bits per heavy atom. The lowest BCUT2D eigenvalue weighted by molar-refractivity contribution is -0.111. The number of para-hydroxylation sites is 2. The van der Waals surface area contributed by atoms with E-state index in [0.717, 1.165) is 5.56 Å². The number of carbonyl (C=O) groups excluding carboxylic acids is 1. The van der Waals surface area contributed by atoms with Crippen LogP contribution in [0.5, 0.6) is 5.75 Å². The van der Waals surface area contributed by atoms with Crippen LogP contribution in [0.3, 0.4) is 0 Å². The van der Waals surface area contributed by atoms with Crippen LogP contribution in [0.1, 0.15) is 38.4 Å². The fourth-order valence-electron chi connectivity index (χ4n) is 2.93. The minimum absolute atomic E-state index is 0.0400. The maximum atomic E-state index is 12.0. The van der Waals surface area contributed by atoms with Crippen LogP contribution in [0.2, 0.25) is 0 Å². The molecule has 5 N–H and O–H groups in total. The lowest BCUT2D eigenvalue weighted by Crippen LogP contribution is -2.22. The van der Waals surface area contributed by atoms with Crippen molar-refractivity contribution in [1.82, 2.24) is 0 Å². The van der Waals surface area contributed by atoms with E-state index in [1.165, 1.54) is 6.08 Å². The van der Waals surface area contributed by atoms with Gasteiger partial charge in [0.2, 0.25) is 5.91 Å². The van der Waals surface area contributed by atoms with E-state index in [4.69, 9.17) is 15.6 Å². The summed E-state index contributed by atoms with van der Waals surface area (Å²) in [6, 6.07) is 14.3. The number of ether oxygens (including phenoxy) is 1. The van der Waals surface area contributed by atoms with E-state index in [9.17, 15) is 9.90 Å². The van der Waals surface area contributed by atoms with Crippen LogP contribution >= 0.6 is 0 Å². The van der Waals surface area contributed by atoms with E-state index in [1.54, 1.807) is 30.3 Å². The standard InChI is InChI=1S/C23H30N2O4/c1-23(2,22(28)17-10-12-18(13-11-17)29-16-15-26)14-6-5-9-21(27)25-20-8-4-3-7-19(20)24/h3-5,7-13,22,26,28H,6,14-16,24H2,1-2H3,(H,25,27)/b9-5+/t22-/m1/s1. The average molecular weight is 399 g/mol. The molecule has 6 heteroatoms. The molecule has 156 valence electrons. The smallest absolute Gasteiger partial charge is 0.248 e. The first-order valence-electron chi connectivity index (χ1n) is 9.67. The van der Waals surface area contributed by atoms with Gasteiger partial charge in [0.05, 0.1) is 24.1 Å². The van der Waals surface area contributed by atoms with Gasteiger partial charge in [-0.05, 0) is 54.2 Å². The molecule has 6 nitrogen and oxygen atoms in total. The molecule has 0 unspecified atom stereocenters. The molecule has 2 rings (SSSR count). The van der Waals surface area contributed by atoms with E-state index in [0.29, 0.717) is 30.0 Å². The van der Waals surface area contributed by atoms with E-state index in [-0.39, 0.29) is 24.5 Å². The van der Waals surface area contributed by atoms with Crippen molar-refractivity contribution in [3.63, 3.8) is 0 Å². The summed E-state index contributed by atoms with van der Waals surface area (Å²) in [6.45, 7) is 4.19. The van der Waals surface area contributed by atoms with Crippen molar-refractivity contribution in [2.75, 3.05) is 24.3 Å². The second kappa shape index (κ2) is 10.6. The summed E-state index contributed by atoms with van der Waals surface area (Å²) in [5.74, 6) is 0.417. The Bertz CT molecular complexity index is 816. The van der Waals surface area contributed by atoms with Crippen molar-refractivity contribution in [3.8, 4) is 5.75 Å². The Hall–Kier alpha value is -2.83. The lowest BCUT2D eigenvalue weighted by atomic mass is 9.79. The summed E-state index contributed by atoms with van der Waals surface area (Å²) in [5.41, 5.74) is 7.35. The zero-order valence-electron chi connectivity index (χ0n) is 17.0. The van der Waals surface area contributed by atoms with Crippen molar-refractivity contribution >= 4 is 17.3 Å². The van der Waals surface area contributed by atoms with Gasteiger partial charge in [-0.25, -0.2) is 0 Å². The first-order valence-corrected chi connectivity index (χ1v) is 9.67. The number of aliphatic hydroxyl groups is 2. The maximum Gasteiger partial charge on any atom is 0.248 e. The fourth-order valence-corrected chi connectivity index (χ4v) is 2.93. The number of allylic oxidation sites excluding steroid dienone is 1. The molecule has 0 saturated heterocycles. The number of nitrogen functional groups attached to an aromatic ring is 1. The third-order valence-corrected chi connectivity index (χ3v) is 4.74. The largest absolute Gasteiger partial charge is 0.491 e. The number of hydrogen-bond acceptors (Lipinski definition) is 5. The number of hydrogen-bond donors (Lipinski definition) is 4. The molecule has 0 bridgehead atoms. The molecule has 0 aliphatic carbocycles. The summed E-state index contributed by atoms with van der Waals surface area (Å²) < 4.78 is 5.34. The molecule has 1 amide bonds. The third kappa shape index (κ3) is 6.93. The van der Waals surface area contributed by atoms with Crippen molar-refractivity contribution in [1.29, 1.82) is 0 Å². The zero-order chi connectivity index (χ0) is 21.3. The Kier molecular flexibility index (Phi) is 8.24. The minimum atomic E-state index is -0.652. The molecule has 2 aromatic carbocycles.